The van der Waals surface area contributed by atoms with E-state index in [9.17, 15) is 9.18 Å². The molecule has 2 aromatic heterocycles. The van der Waals surface area contributed by atoms with E-state index >= 15 is 0 Å². The summed E-state index contributed by atoms with van der Waals surface area (Å²) in [7, 11) is 0. The number of hydrogen-bond donors (Lipinski definition) is 3. The van der Waals surface area contributed by atoms with E-state index in [4.69, 9.17) is 14.3 Å². The number of rotatable bonds is 4. The number of nitrogens with one attached hydrogen (secondary N) is 3. The lowest BCUT2D eigenvalue weighted by Crippen LogP contribution is -2.21. The molecule has 0 unspecified atom stereocenters. The fourth-order valence-electron chi connectivity index (χ4n) is 3.74. The number of benzene rings is 2. The summed E-state index contributed by atoms with van der Waals surface area (Å²) in [5.41, 5.74) is 3.13. The Morgan fingerprint density at radius 3 is 2.94 bits per heavy atom. The Kier molecular flexibility index (Phi) is 5.49. The van der Waals surface area contributed by atoms with Crippen LogP contribution in [0.15, 0.2) is 60.9 Å². The van der Waals surface area contributed by atoms with Crippen molar-refractivity contribution in [3.05, 3.63) is 82.9 Å². The van der Waals surface area contributed by atoms with Crippen LogP contribution in [0.5, 0.6) is 0 Å². The van der Waals surface area contributed by atoms with Gasteiger partial charge in [-0.2, -0.15) is 0 Å². The van der Waals surface area contributed by atoms with Gasteiger partial charge >= 0.3 is 6.03 Å². The van der Waals surface area contributed by atoms with E-state index in [2.05, 4.69) is 20.6 Å². The molecule has 4 aromatic rings. The first kappa shape index (κ1) is 19.4. The standard InChI is InChI=1S/C23H19ClFN5O.ClH/c24-15-4-5-18(25)20(12-15)29-23(31)28-19-2-1-3-21-17(19)8-11-30(21)13-14-6-9-26-22-16(14)7-10-27-22;/h1-7,9-10,12H,8,11,13H2,(H,26,27)(H2,28,29,31);1H/i13D2;. The summed E-state index contributed by atoms with van der Waals surface area (Å²) in [6.07, 6.45) is 3.86. The molecule has 6 nitrogen and oxygen atoms in total. The molecule has 3 N–H and O–H groups in total. The van der Waals surface area contributed by atoms with E-state index in [1.807, 2.05) is 12.1 Å². The van der Waals surface area contributed by atoms with Gasteiger partial charge in [0.15, 0.2) is 0 Å². The van der Waals surface area contributed by atoms with E-state index in [1.54, 1.807) is 35.5 Å². The van der Waals surface area contributed by atoms with Crippen LogP contribution in [0.1, 0.15) is 13.9 Å². The Labute approximate surface area is 198 Å². The lowest BCUT2D eigenvalue weighted by Gasteiger charge is -2.20. The van der Waals surface area contributed by atoms with Crippen molar-refractivity contribution < 1.29 is 11.9 Å². The molecular weight excluding hydrogens is 452 g/mol. The first-order valence-electron chi connectivity index (χ1n) is 10.7. The Balaban J connectivity index is 0.00000274. The first-order valence-corrected chi connectivity index (χ1v) is 10.1. The Hall–Kier alpha value is -3.29. The summed E-state index contributed by atoms with van der Waals surface area (Å²) in [6.45, 7) is -1.38. The van der Waals surface area contributed by atoms with Gasteiger partial charge in [-0.1, -0.05) is 17.7 Å². The average Bonchev–Trinajstić information content (AvgIpc) is 3.44. The minimum Gasteiger partial charge on any atom is -0.367 e. The monoisotopic (exact) mass is 473 g/mol. The molecule has 164 valence electrons. The maximum absolute atomic E-state index is 14.0. The van der Waals surface area contributed by atoms with Crippen molar-refractivity contribution in [3.63, 3.8) is 0 Å². The maximum Gasteiger partial charge on any atom is 0.323 e. The number of nitrogens with zero attached hydrogens (tertiary/aromatic N) is 2. The van der Waals surface area contributed by atoms with Crippen LogP contribution in [0.2, 0.25) is 5.02 Å². The summed E-state index contributed by atoms with van der Waals surface area (Å²) >= 11 is 5.89. The highest BCUT2D eigenvalue weighted by molar-refractivity contribution is 6.31. The lowest BCUT2D eigenvalue weighted by molar-refractivity contribution is 0.262. The van der Waals surface area contributed by atoms with Gasteiger partial charge in [0.1, 0.15) is 11.5 Å². The van der Waals surface area contributed by atoms with Crippen molar-refractivity contribution in [2.45, 2.75) is 12.9 Å². The van der Waals surface area contributed by atoms with E-state index in [-0.39, 0.29) is 18.1 Å². The van der Waals surface area contributed by atoms with Crippen LogP contribution >= 0.6 is 24.0 Å². The third-order valence-electron chi connectivity index (χ3n) is 5.17. The third-order valence-corrected chi connectivity index (χ3v) is 5.40. The van der Waals surface area contributed by atoms with Gasteiger partial charge in [-0.3, -0.25) is 0 Å². The molecule has 5 rings (SSSR count). The lowest BCUT2D eigenvalue weighted by atomic mass is 10.1. The summed E-state index contributed by atoms with van der Waals surface area (Å²) in [5.74, 6) is -0.597. The number of H-pyrrole nitrogens is 1. The van der Waals surface area contributed by atoms with E-state index in [1.165, 1.54) is 18.2 Å². The number of pyridine rings is 1. The Morgan fingerprint density at radius 1 is 1.22 bits per heavy atom. The van der Waals surface area contributed by atoms with Gasteiger partial charge in [-0.25, -0.2) is 14.2 Å². The Bertz CT molecular complexity index is 1380. The number of aromatic amines is 1. The highest BCUT2D eigenvalue weighted by atomic mass is 35.5. The summed E-state index contributed by atoms with van der Waals surface area (Å²) in [4.78, 5) is 21.5. The molecule has 1 aliphatic heterocycles. The van der Waals surface area contributed by atoms with E-state index in [0.717, 1.165) is 5.56 Å². The molecule has 1 aliphatic rings. The van der Waals surface area contributed by atoms with Crippen molar-refractivity contribution in [3.8, 4) is 0 Å². The minimum absolute atomic E-state index is 0. The molecule has 0 spiro atoms. The predicted octanol–water partition coefficient (Wildman–Crippen LogP) is 5.98. The molecule has 2 amide bonds. The number of fused-ring (bicyclic) bond motifs is 2. The van der Waals surface area contributed by atoms with Crippen LogP contribution in [0.25, 0.3) is 11.0 Å². The normalized spacial score (nSPS) is 13.8. The van der Waals surface area contributed by atoms with E-state index < -0.39 is 18.3 Å². The first-order chi connectivity index (χ1) is 15.8. The molecule has 0 fully saturated rings. The molecule has 32 heavy (non-hydrogen) atoms. The number of hydrogen-bond acceptors (Lipinski definition) is 3. The van der Waals surface area contributed by atoms with Gasteiger partial charge in [-0.05, 0) is 54.4 Å². The molecule has 0 aliphatic carbocycles. The number of carbonyl (C=O) groups is 1. The second-order valence-corrected chi connectivity index (χ2v) is 7.55. The fourth-order valence-corrected chi connectivity index (χ4v) is 3.91. The molecule has 2 aromatic carbocycles. The van der Waals surface area contributed by atoms with Gasteiger partial charge in [-0.15, -0.1) is 12.4 Å². The zero-order valence-electron chi connectivity index (χ0n) is 18.7. The number of urea groups is 1. The largest absolute Gasteiger partial charge is 0.367 e. The van der Waals surface area contributed by atoms with Gasteiger partial charge < -0.3 is 20.5 Å². The molecule has 0 saturated carbocycles. The van der Waals surface area contributed by atoms with Crippen molar-refractivity contribution in [1.82, 2.24) is 9.97 Å². The molecule has 3 heterocycles. The third kappa shape index (κ3) is 4.22. The van der Waals surface area contributed by atoms with Crippen molar-refractivity contribution in [2.75, 3.05) is 22.1 Å². The van der Waals surface area contributed by atoms with Gasteiger partial charge in [0, 0.05) is 52.8 Å². The van der Waals surface area contributed by atoms with Crippen LogP contribution in [0, 0.1) is 5.82 Å². The molecule has 0 bridgehead atoms. The topological polar surface area (TPSA) is 73.0 Å². The predicted molar refractivity (Wildman–Crippen MR) is 129 cm³/mol. The van der Waals surface area contributed by atoms with Crippen molar-refractivity contribution >= 4 is 58.1 Å². The van der Waals surface area contributed by atoms with Crippen LogP contribution < -0.4 is 15.5 Å². The average molecular weight is 474 g/mol. The molecule has 0 atom stereocenters. The number of carbonyl (C=O) groups excluding carboxylic acids is 1. The number of aromatic nitrogens is 2. The van der Waals surface area contributed by atoms with Crippen molar-refractivity contribution in [1.29, 1.82) is 0 Å². The quantitative estimate of drug-likeness (QED) is 0.341. The maximum atomic E-state index is 14.0. The van der Waals surface area contributed by atoms with Crippen LogP contribution in [0.3, 0.4) is 0 Å². The minimum atomic E-state index is -1.81. The van der Waals surface area contributed by atoms with Gasteiger partial charge in [0.25, 0.3) is 0 Å². The zero-order chi connectivity index (χ0) is 23.2. The van der Waals surface area contributed by atoms with Crippen molar-refractivity contribution in [2.24, 2.45) is 0 Å². The number of halogens is 3. The summed E-state index contributed by atoms with van der Waals surface area (Å²) in [5, 5.41) is 6.24. The SMILES string of the molecule is Cl.[2H]C([2H])(c1ccnc2[nH]ccc12)N1CCc2c(NC(=O)Nc3cc(Cl)ccc3F)cccc21. The van der Waals surface area contributed by atoms with Crippen LogP contribution in [-0.4, -0.2) is 22.5 Å². The molecule has 9 heteroatoms. The fraction of sp³-hybridized carbons (Fsp3) is 0.130. The molecular formula is C23H20Cl2FN5O. The van der Waals surface area contributed by atoms with Crippen LogP contribution in [-0.2, 0) is 12.9 Å². The highest BCUT2D eigenvalue weighted by Gasteiger charge is 2.23. The molecule has 0 saturated heterocycles. The van der Waals surface area contributed by atoms with Crippen LogP contribution in [0.4, 0.5) is 26.2 Å². The zero-order valence-corrected chi connectivity index (χ0v) is 18.2. The number of amides is 2. The summed E-state index contributed by atoms with van der Waals surface area (Å²) in [6, 6.07) is 12.1. The number of anilines is 3. The van der Waals surface area contributed by atoms with Gasteiger partial charge in [0.2, 0.25) is 0 Å². The smallest absolute Gasteiger partial charge is 0.323 e. The highest BCUT2D eigenvalue weighted by Crippen LogP contribution is 2.35. The second-order valence-electron chi connectivity index (χ2n) is 7.12. The molecule has 0 radical (unpaired) electrons. The second kappa shape index (κ2) is 9.06. The van der Waals surface area contributed by atoms with Gasteiger partial charge in [0.05, 0.1) is 8.43 Å². The summed E-state index contributed by atoms with van der Waals surface area (Å²) < 4.78 is 31.8. The van der Waals surface area contributed by atoms with E-state index in [0.29, 0.717) is 46.0 Å². The Morgan fingerprint density at radius 2 is 2.06 bits per heavy atom.